The minimum atomic E-state index is -1.26. The molecular formula is C64H73Cl2N2NaO11. The van der Waals surface area contributed by atoms with Crippen LogP contribution < -0.4 is 64.2 Å². The molecule has 5 aromatic carbocycles. The van der Waals surface area contributed by atoms with Gasteiger partial charge in [-0.15, -0.1) is 0 Å². The summed E-state index contributed by atoms with van der Waals surface area (Å²) in [6, 6.07) is 24.1. The van der Waals surface area contributed by atoms with Crippen molar-refractivity contribution in [3.63, 3.8) is 0 Å². The summed E-state index contributed by atoms with van der Waals surface area (Å²) in [5, 5.41) is 26.6. The fourth-order valence-corrected chi connectivity index (χ4v) is 7.38. The number of rotatable bonds is 22. The molecule has 420 valence electrons. The van der Waals surface area contributed by atoms with Crippen LogP contribution >= 0.6 is 23.2 Å². The second-order valence-corrected chi connectivity index (χ2v) is 19.0. The van der Waals surface area contributed by atoms with Gasteiger partial charge in [0.1, 0.15) is 36.2 Å². The summed E-state index contributed by atoms with van der Waals surface area (Å²) in [5.41, 5.74) is 12.0. The van der Waals surface area contributed by atoms with Gasteiger partial charge in [-0.05, 0) is 176 Å². The average Bonchev–Trinajstić information content (AvgIpc) is 3.39. The number of benzene rings is 5. The van der Waals surface area contributed by atoms with Crippen molar-refractivity contribution >= 4 is 70.4 Å². The first-order valence-corrected chi connectivity index (χ1v) is 25.8. The Hall–Kier alpha value is -7.10. The molecule has 0 aliphatic rings. The summed E-state index contributed by atoms with van der Waals surface area (Å²) >= 11 is 12.2. The van der Waals surface area contributed by atoms with E-state index in [2.05, 4.69) is 56.5 Å². The second-order valence-electron chi connectivity index (χ2n) is 18.2. The number of methoxy groups -OCH3 is 1. The number of likely N-dealkylation sites (N-methyl/N-ethyl adjacent to an activating group) is 1. The number of allylic oxidation sites excluding steroid dienone is 9. The van der Waals surface area contributed by atoms with Crippen molar-refractivity contribution in [3.8, 4) is 23.0 Å². The molecule has 0 bridgehead atoms. The number of ketones is 1. The van der Waals surface area contributed by atoms with Gasteiger partial charge in [0.2, 0.25) is 5.91 Å². The number of aliphatic carboxylic acids is 1. The Morgan fingerprint density at radius 2 is 1.31 bits per heavy atom. The number of amides is 1. The molecule has 0 radical (unpaired) electrons. The van der Waals surface area contributed by atoms with Crippen LogP contribution in [0.15, 0.2) is 156 Å². The predicted molar refractivity (Wildman–Crippen MR) is 320 cm³/mol. The molecule has 0 spiro atoms. The maximum absolute atomic E-state index is 12.8. The fraction of sp³-hybridized carbons (Fsp3) is 0.250. The van der Waals surface area contributed by atoms with E-state index in [1.165, 1.54) is 46.0 Å². The van der Waals surface area contributed by atoms with E-state index < -0.39 is 18.5 Å². The molecule has 0 saturated carbocycles. The molecule has 0 aromatic heterocycles. The quantitative estimate of drug-likeness (QED) is 0.0196. The molecule has 5 aromatic rings. The maximum Gasteiger partial charge on any atom is 1.00 e. The van der Waals surface area contributed by atoms with Crippen LogP contribution in [0.25, 0.3) is 12.2 Å². The number of carboxylic acids is 2. The van der Waals surface area contributed by atoms with Gasteiger partial charge < -0.3 is 50.1 Å². The molecule has 0 unspecified atom stereocenters. The van der Waals surface area contributed by atoms with Gasteiger partial charge in [0.05, 0.1) is 34.4 Å². The number of halogens is 2. The largest absolute Gasteiger partial charge is 1.00 e. The number of para-hydroxylation sites is 1. The average molecular weight is 1140 g/mol. The standard InChI is InChI=1S/C27H30O6.C23H31NO2.C14H11Cl2NO2.Na.H2O/c1-19(2)13-15-31-22-8-5-21(6-9-22)7-12-25(28)24-11-10-23(32-16-14-20(3)4)17-26(24)33-18-27(29)30;1-8-24-23(25)14-17(3)11-9-10-16(2)12-13-21-18(4)15-22(26-7)20(6)19(21)5;1-8-6-7-10(15)13(12(8)16)17-11-5-3-2-4-9(11)14(18)19;;/h5-14,17H,15-16,18H2,1-4H3,(H,29,30);9-15H,8H2,1-7H3,(H,24,25);2-7,17H,1H3,(H,18,19);;1H2/q;;;+1;/p-1/b12-7+;11-9+,13-12+,16-10+,17-14+;;;. The number of carbonyl (C=O) groups is 4. The molecule has 13 nitrogen and oxygen atoms in total. The number of anilines is 2. The molecule has 0 fully saturated rings. The van der Waals surface area contributed by atoms with Gasteiger partial charge >= 0.3 is 35.5 Å². The van der Waals surface area contributed by atoms with Crippen molar-refractivity contribution in [3.05, 3.63) is 210 Å². The molecule has 5 N–H and O–H groups in total. The molecular weight excluding hydrogens is 1070 g/mol. The third-order valence-electron chi connectivity index (χ3n) is 11.3. The summed E-state index contributed by atoms with van der Waals surface area (Å²) in [7, 11) is 1.71. The third-order valence-corrected chi connectivity index (χ3v) is 12.1. The monoisotopic (exact) mass is 1140 g/mol. The summed E-state index contributed by atoms with van der Waals surface area (Å²) in [6.45, 7) is 22.9. The van der Waals surface area contributed by atoms with Gasteiger partial charge in [0.15, 0.2) is 12.4 Å². The number of carbonyl (C=O) groups excluding carboxylic acids is 3. The van der Waals surface area contributed by atoms with Crippen LogP contribution in [0.2, 0.25) is 10.0 Å². The molecule has 0 aliphatic carbocycles. The number of aryl methyl sites for hydroxylation is 2. The van der Waals surface area contributed by atoms with E-state index in [0.29, 0.717) is 46.9 Å². The molecule has 5 rings (SSSR count). The van der Waals surface area contributed by atoms with Crippen molar-refractivity contribution in [2.45, 2.75) is 76.2 Å². The van der Waals surface area contributed by atoms with Gasteiger partial charge in [-0.2, -0.15) is 0 Å². The van der Waals surface area contributed by atoms with Crippen molar-refractivity contribution in [2.75, 3.05) is 38.8 Å². The van der Waals surface area contributed by atoms with Crippen LogP contribution in [-0.4, -0.2) is 67.7 Å². The summed E-state index contributed by atoms with van der Waals surface area (Å²) in [6.07, 6.45) is 18.8. The second kappa shape index (κ2) is 37.0. The number of ether oxygens (including phenoxy) is 4. The smallest absolute Gasteiger partial charge is 0.545 e. The van der Waals surface area contributed by atoms with Crippen LogP contribution in [-0.2, 0) is 9.59 Å². The normalized spacial score (nSPS) is 10.9. The predicted octanol–water partition coefficient (Wildman–Crippen LogP) is 10.5. The van der Waals surface area contributed by atoms with Crippen LogP contribution in [0.5, 0.6) is 23.0 Å². The Balaban J connectivity index is 0.000000613. The molecule has 0 heterocycles. The summed E-state index contributed by atoms with van der Waals surface area (Å²) in [5.74, 6) is -0.450. The Morgan fingerprint density at radius 1 is 0.688 bits per heavy atom. The van der Waals surface area contributed by atoms with Crippen LogP contribution in [0, 0.1) is 27.7 Å². The first-order chi connectivity index (χ1) is 37.0. The van der Waals surface area contributed by atoms with Crippen molar-refractivity contribution in [1.29, 1.82) is 0 Å². The first-order valence-electron chi connectivity index (χ1n) is 25.0. The first kappa shape index (κ1) is 70.9. The topological polar surface area (TPSA) is 204 Å². The zero-order chi connectivity index (χ0) is 57.9. The SMILES string of the molecule is CC(C)=CCOc1ccc(/C=C/C(=O)c2ccc(OCC=C(C)C)cc2OCC(=O)O)cc1.CCNC(=O)/C=C(C)/C=C/C=C(C)/C=C/c1c(C)cc(OC)c(C)c1C.Cc1ccc(Cl)c(Nc2ccccc2C(=O)[O-])c1Cl.O.[Na+]. The van der Waals surface area contributed by atoms with Crippen molar-refractivity contribution in [1.82, 2.24) is 5.32 Å². The molecule has 1 amide bonds. The Bertz CT molecular complexity index is 3110. The zero-order valence-corrected chi connectivity index (χ0v) is 51.6. The molecule has 80 heavy (non-hydrogen) atoms. The molecule has 16 heteroatoms. The van der Waals surface area contributed by atoms with E-state index in [1.54, 1.807) is 61.7 Å². The van der Waals surface area contributed by atoms with Gasteiger partial charge in [-0.1, -0.05) is 113 Å². The minimum absolute atomic E-state index is 0. The van der Waals surface area contributed by atoms with E-state index in [0.717, 1.165) is 39.3 Å². The Labute approximate surface area is 504 Å². The van der Waals surface area contributed by atoms with Crippen LogP contribution in [0.3, 0.4) is 0 Å². The number of nitrogens with one attached hydrogen (secondary N) is 2. The number of carboxylic acid groups (broad SMARTS) is 2. The Kier molecular flexibility index (Phi) is 32.8. The van der Waals surface area contributed by atoms with Gasteiger partial charge in [0, 0.05) is 29.9 Å². The number of hydrogen-bond acceptors (Lipinski definition) is 10. The van der Waals surface area contributed by atoms with E-state index in [4.69, 9.17) is 47.3 Å². The van der Waals surface area contributed by atoms with E-state index in [-0.39, 0.29) is 63.6 Å². The van der Waals surface area contributed by atoms with Crippen molar-refractivity contribution < 1.29 is 83.4 Å². The summed E-state index contributed by atoms with van der Waals surface area (Å²) in [4.78, 5) is 46.2. The molecule has 0 aliphatic heterocycles. The summed E-state index contributed by atoms with van der Waals surface area (Å²) < 4.78 is 22.0. The molecule has 0 saturated heterocycles. The Morgan fingerprint density at radius 3 is 1.91 bits per heavy atom. The fourth-order valence-electron chi connectivity index (χ4n) is 6.91. The van der Waals surface area contributed by atoms with E-state index in [1.807, 2.05) is 103 Å². The number of aromatic carboxylic acids is 1. The van der Waals surface area contributed by atoms with Crippen LogP contribution in [0.4, 0.5) is 11.4 Å². The van der Waals surface area contributed by atoms with Crippen LogP contribution in [0.1, 0.15) is 103 Å². The maximum atomic E-state index is 12.8. The zero-order valence-electron chi connectivity index (χ0n) is 48.1. The van der Waals surface area contributed by atoms with Gasteiger partial charge in [-0.25, -0.2) is 4.79 Å². The molecule has 0 atom stereocenters. The minimum Gasteiger partial charge on any atom is -0.545 e. The van der Waals surface area contributed by atoms with Gasteiger partial charge in [0.25, 0.3) is 0 Å². The third kappa shape index (κ3) is 24.9. The van der Waals surface area contributed by atoms with Gasteiger partial charge in [-0.3, -0.25) is 9.59 Å². The van der Waals surface area contributed by atoms with Crippen molar-refractivity contribution in [2.24, 2.45) is 0 Å². The number of hydrogen-bond donors (Lipinski definition) is 3. The van der Waals surface area contributed by atoms with E-state index in [9.17, 15) is 24.3 Å². The van der Waals surface area contributed by atoms with E-state index >= 15 is 0 Å².